The molecule has 6 nitrogen and oxygen atoms in total. The van der Waals surface area contributed by atoms with Crippen molar-refractivity contribution >= 4 is 17.3 Å². The van der Waals surface area contributed by atoms with E-state index < -0.39 is 0 Å². The third-order valence-electron chi connectivity index (χ3n) is 5.01. The third-order valence-corrected chi connectivity index (χ3v) is 5.01. The molecule has 0 aliphatic carbocycles. The zero-order valence-corrected chi connectivity index (χ0v) is 13.7. The van der Waals surface area contributed by atoms with Crippen LogP contribution >= 0.6 is 0 Å². The van der Waals surface area contributed by atoms with Crippen LogP contribution in [0.25, 0.3) is 0 Å². The summed E-state index contributed by atoms with van der Waals surface area (Å²) in [4.78, 5) is 28.7. The van der Waals surface area contributed by atoms with Crippen molar-refractivity contribution in [2.75, 3.05) is 29.4 Å². The topological polar surface area (TPSA) is 58.4 Å². The molecule has 0 saturated carbocycles. The fraction of sp³-hybridized carbons (Fsp3) is 0.389. The summed E-state index contributed by atoms with van der Waals surface area (Å²) in [7, 11) is 1.63. The second-order valence-corrected chi connectivity index (χ2v) is 6.48. The van der Waals surface area contributed by atoms with Gasteiger partial charge in [-0.1, -0.05) is 18.2 Å². The summed E-state index contributed by atoms with van der Waals surface area (Å²) in [6, 6.07) is 9.71. The van der Waals surface area contributed by atoms with E-state index in [2.05, 4.69) is 16.1 Å². The van der Waals surface area contributed by atoms with Crippen LogP contribution in [0.4, 0.5) is 11.4 Å². The SMILES string of the molecule is Cn1ncc(N2CCC(C(=O)N3CCc4ccccc43)C2)cc1=O. The van der Waals surface area contributed by atoms with Crippen LogP contribution in [0.3, 0.4) is 0 Å². The lowest BCUT2D eigenvalue weighted by Gasteiger charge is -2.22. The third kappa shape index (κ3) is 2.48. The van der Waals surface area contributed by atoms with Gasteiger partial charge in [-0.05, 0) is 24.5 Å². The van der Waals surface area contributed by atoms with Crippen molar-refractivity contribution in [1.82, 2.24) is 9.78 Å². The Morgan fingerprint density at radius 2 is 2.08 bits per heavy atom. The summed E-state index contributed by atoms with van der Waals surface area (Å²) in [5.41, 5.74) is 2.97. The average Bonchev–Trinajstić information content (AvgIpc) is 3.24. The molecule has 0 bridgehead atoms. The van der Waals surface area contributed by atoms with E-state index in [1.54, 1.807) is 19.3 Å². The number of aromatic nitrogens is 2. The molecule has 4 rings (SSSR count). The zero-order chi connectivity index (χ0) is 16.7. The van der Waals surface area contributed by atoms with Gasteiger partial charge in [0.15, 0.2) is 0 Å². The number of hydrogen-bond acceptors (Lipinski definition) is 4. The van der Waals surface area contributed by atoms with Gasteiger partial charge in [0.05, 0.1) is 17.8 Å². The maximum atomic E-state index is 12.9. The first-order valence-corrected chi connectivity index (χ1v) is 8.31. The summed E-state index contributed by atoms with van der Waals surface area (Å²) in [6.45, 7) is 2.19. The normalized spacial score (nSPS) is 19.6. The van der Waals surface area contributed by atoms with Crippen LogP contribution in [-0.4, -0.2) is 35.3 Å². The average molecular weight is 324 g/mol. The van der Waals surface area contributed by atoms with Crippen LogP contribution in [-0.2, 0) is 18.3 Å². The smallest absolute Gasteiger partial charge is 0.268 e. The molecule has 1 unspecified atom stereocenters. The van der Waals surface area contributed by atoms with Crippen LogP contribution in [0.1, 0.15) is 12.0 Å². The van der Waals surface area contributed by atoms with E-state index in [-0.39, 0.29) is 17.4 Å². The van der Waals surface area contributed by atoms with Crippen LogP contribution in [0.15, 0.2) is 41.3 Å². The molecule has 24 heavy (non-hydrogen) atoms. The summed E-state index contributed by atoms with van der Waals surface area (Å²) in [6.07, 6.45) is 3.43. The number of anilines is 2. The minimum absolute atomic E-state index is 0.0276. The number of hydrogen-bond donors (Lipinski definition) is 0. The van der Waals surface area contributed by atoms with Gasteiger partial charge >= 0.3 is 0 Å². The first-order chi connectivity index (χ1) is 11.6. The molecule has 0 spiro atoms. The molecule has 0 N–H and O–H groups in total. The Balaban J connectivity index is 1.50. The number of amides is 1. The molecule has 1 atom stereocenters. The number of aryl methyl sites for hydroxylation is 1. The zero-order valence-electron chi connectivity index (χ0n) is 13.7. The highest BCUT2D eigenvalue weighted by atomic mass is 16.2. The van der Waals surface area contributed by atoms with Crippen molar-refractivity contribution in [3.05, 3.63) is 52.4 Å². The van der Waals surface area contributed by atoms with Crippen molar-refractivity contribution in [1.29, 1.82) is 0 Å². The lowest BCUT2D eigenvalue weighted by molar-refractivity contribution is -0.121. The monoisotopic (exact) mass is 324 g/mol. The molecule has 6 heteroatoms. The molecule has 0 radical (unpaired) electrons. The minimum atomic E-state index is -0.129. The second-order valence-electron chi connectivity index (χ2n) is 6.48. The number of carbonyl (C=O) groups is 1. The van der Waals surface area contributed by atoms with Crippen molar-refractivity contribution in [3.8, 4) is 0 Å². The quantitative estimate of drug-likeness (QED) is 0.833. The fourth-order valence-electron chi connectivity index (χ4n) is 3.62. The molecule has 1 aromatic carbocycles. The Morgan fingerprint density at radius 3 is 2.92 bits per heavy atom. The van der Waals surface area contributed by atoms with E-state index in [1.165, 1.54) is 10.2 Å². The lowest BCUT2D eigenvalue weighted by Crippen LogP contribution is -2.36. The van der Waals surface area contributed by atoms with Gasteiger partial charge in [-0.3, -0.25) is 9.59 Å². The van der Waals surface area contributed by atoms with Gasteiger partial charge in [0.1, 0.15) is 0 Å². The number of fused-ring (bicyclic) bond motifs is 1. The highest BCUT2D eigenvalue weighted by molar-refractivity contribution is 5.97. The predicted octanol–water partition coefficient (Wildman–Crippen LogP) is 1.20. The van der Waals surface area contributed by atoms with Crippen molar-refractivity contribution < 1.29 is 4.79 Å². The van der Waals surface area contributed by atoms with Crippen LogP contribution in [0, 0.1) is 5.92 Å². The molecule has 2 aliphatic rings. The van der Waals surface area contributed by atoms with Gasteiger partial charge in [0, 0.05) is 38.4 Å². The van der Waals surface area contributed by atoms with Gasteiger partial charge in [-0.2, -0.15) is 5.10 Å². The van der Waals surface area contributed by atoms with Crippen molar-refractivity contribution in [3.63, 3.8) is 0 Å². The van der Waals surface area contributed by atoms with Gasteiger partial charge < -0.3 is 9.80 Å². The van der Waals surface area contributed by atoms with Crippen molar-refractivity contribution in [2.45, 2.75) is 12.8 Å². The molecule has 3 heterocycles. The van der Waals surface area contributed by atoms with Crippen LogP contribution in [0.2, 0.25) is 0 Å². The highest BCUT2D eigenvalue weighted by Crippen LogP contribution is 2.31. The van der Waals surface area contributed by atoms with E-state index >= 15 is 0 Å². The van der Waals surface area contributed by atoms with Crippen molar-refractivity contribution in [2.24, 2.45) is 13.0 Å². The van der Waals surface area contributed by atoms with Gasteiger partial charge in [-0.15, -0.1) is 0 Å². The summed E-state index contributed by atoms with van der Waals surface area (Å²) in [5.74, 6) is 0.166. The summed E-state index contributed by atoms with van der Waals surface area (Å²) in [5, 5.41) is 4.07. The Bertz CT molecular complexity index is 845. The predicted molar refractivity (Wildman–Crippen MR) is 92.3 cm³/mol. The molecular weight excluding hydrogens is 304 g/mol. The molecule has 1 aromatic heterocycles. The first-order valence-electron chi connectivity index (χ1n) is 8.31. The maximum absolute atomic E-state index is 12.9. The first kappa shape index (κ1) is 14.9. The maximum Gasteiger partial charge on any atom is 0.268 e. The van der Waals surface area contributed by atoms with E-state index in [1.807, 2.05) is 23.1 Å². The number of benzene rings is 1. The summed E-state index contributed by atoms with van der Waals surface area (Å²) < 4.78 is 1.31. The van der Waals surface area contributed by atoms with Crippen LogP contribution in [0.5, 0.6) is 0 Å². The Hall–Kier alpha value is -2.63. The molecule has 2 aromatic rings. The van der Waals surface area contributed by atoms with Gasteiger partial charge in [-0.25, -0.2) is 4.68 Å². The molecule has 1 fully saturated rings. The van der Waals surface area contributed by atoms with E-state index in [0.717, 1.165) is 37.3 Å². The molecule has 1 amide bonds. The molecular formula is C18H20N4O2. The van der Waals surface area contributed by atoms with E-state index in [0.29, 0.717) is 6.54 Å². The van der Waals surface area contributed by atoms with E-state index in [4.69, 9.17) is 0 Å². The Morgan fingerprint density at radius 1 is 1.25 bits per heavy atom. The standard InChI is InChI=1S/C18H20N4O2/c1-20-17(23)10-15(11-19-20)21-8-6-14(12-21)18(24)22-9-7-13-4-2-3-5-16(13)22/h2-5,10-11,14H,6-9,12H2,1H3. The molecule has 2 aliphatic heterocycles. The van der Waals surface area contributed by atoms with Gasteiger partial charge in [0.25, 0.3) is 5.56 Å². The molecule has 1 saturated heterocycles. The fourth-order valence-corrected chi connectivity index (χ4v) is 3.62. The van der Waals surface area contributed by atoms with E-state index in [9.17, 15) is 9.59 Å². The number of rotatable bonds is 2. The number of nitrogens with zero attached hydrogens (tertiary/aromatic N) is 4. The Kier molecular flexibility index (Phi) is 3.59. The largest absolute Gasteiger partial charge is 0.369 e. The Labute approximate surface area is 140 Å². The molecule has 124 valence electrons. The number of para-hydroxylation sites is 1. The van der Waals surface area contributed by atoms with Crippen LogP contribution < -0.4 is 15.4 Å². The van der Waals surface area contributed by atoms with Gasteiger partial charge in [0.2, 0.25) is 5.91 Å². The number of carbonyl (C=O) groups excluding carboxylic acids is 1. The minimum Gasteiger partial charge on any atom is -0.369 e. The second kappa shape index (κ2) is 5.78. The highest BCUT2D eigenvalue weighted by Gasteiger charge is 2.34. The summed E-state index contributed by atoms with van der Waals surface area (Å²) >= 11 is 0. The lowest BCUT2D eigenvalue weighted by atomic mass is 10.1.